The third-order valence-electron chi connectivity index (χ3n) is 4.15. The molecule has 2 heterocycles. The Bertz CT molecular complexity index is 431. The minimum atomic E-state index is 0.172. The van der Waals surface area contributed by atoms with Gasteiger partial charge in [0, 0.05) is 30.6 Å². The second-order valence-corrected chi connectivity index (χ2v) is 6.73. The predicted molar refractivity (Wildman–Crippen MR) is 74.8 cm³/mol. The van der Waals surface area contributed by atoms with Gasteiger partial charge in [-0.05, 0) is 33.4 Å². The van der Waals surface area contributed by atoms with E-state index in [0.717, 1.165) is 26.1 Å². The summed E-state index contributed by atoms with van der Waals surface area (Å²) in [5.41, 5.74) is 7.35. The summed E-state index contributed by atoms with van der Waals surface area (Å²) in [6.45, 7) is 3.35. The van der Waals surface area contributed by atoms with Gasteiger partial charge in [-0.15, -0.1) is 11.3 Å². The van der Waals surface area contributed by atoms with Gasteiger partial charge in [0.15, 0.2) is 0 Å². The molecule has 1 aliphatic heterocycles. The van der Waals surface area contributed by atoms with E-state index < -0.39 is 0 Å². The molecule has 0 bridgehead atoms. The van der Waals surface area contributed by atoms with Gasteiger partial charge in [0.25, 0.3) is 0 Å². The highest BCUT2D eigenvalue weighted by Crippen LogP contribution is 2.36. The molecule has 1 aromatic heterocycles. The Kier molecular flexibility index (Phi) is 3.40. The Labute approximate surface area is 113 Å². The minimum Gasteiger partial charge on any atom is -0.323 e. The van der Waals surface area contributed by atoms with Crippen LogP contribution < -0.4 is 5.73 Å². The van der Waals surface area contributed by atoms with Crippen LogP contribution >= 0.6 is 11.3 Å². The summed E-state index contributed by atoms with van der Waals surface area (Å²) in [4.78, 5) is 11.1. The van der Waals surface area contributed by atoms with Gasteiger partial charge >= 0.3 is 0 Å². The fourth-order valence-corrected chi connectivity index (χ4v) is 4.22. The monoisotopic (exact) mass is 266 g/mol. The first-order valence-electron chi connectivity index (χ1n) is 6.79. The largest absolute Gasteiger partial charge is 0.323 e. The van der Waals surface area contributed by atoms with Gasteiger partial charge < -0.3 is 10.6 Å². The second kappa shape index (κ2) is 4.89. The molecule has 1 aromatic rings. The topological polar surface area (TPSA) is 45.4 Å². The van der Waals surface area contributed by atoms with Crippen molar-refractivity contribution >= 4 is 11.3 Å². The first-order valence-corrected chi connectivity index (χ1v) is 7.60. The smallest absolute Gasteiger partial charge is 0.112 e. The van der Waals surface area contributed by atoms with Crippen LogP contribution in [0.3, 0.4) is 0 Å². The molecule has 1 saturated heterocycles. The van der Waals surface area contributed by atoms with Crippen LogP contribution in [0.5, 0.6) is 0 Å². The quantitative estimate of drug-likeness (QED) is 0.834. The highest BCUT2D eigenvalue weighted by molar-refractivity contribution is 7.11. The van der Waals surface area contributed by atoms with Crippen LogP contribution in [0.1, 0.15) is 40.5 Å². The van der Waals surface area contributed by atoms with E-state index in [0.29, 0.717) is 6.04 Å². The molecule has 0 saturated carbocycles. The Morgan fingerprint density at radius 3 is 2.94 bits per heavy atom. The van der Waals surface area contributed by atoms with Crippen molar-refractivity contribution in [3.05, 3.63) is 15.6 Å². The molecule has 100 valence electrons. The maximum atomic E-state index is 6.17. The van der Waals surface area contributed by atoms with Crippen molar-refractivity contribution in [3.63, 3.8) is 0 Å². The van der Waals surface area contributed by atoms with Crippen molar-refractivity contribution in [2.75, 3.05) is 33.7 Å². The summed E-state index contributed by atoms with van der Waals surface area (Å²) in [6, 6.07) is 0.622. The summed E-state index contributed by atoms with van der Waals surface area (Å²) in [5.74, 6) is 0. The fourth-order valence-electron chi connectivity index (χ4n) is 2.89. The van der Waals surface area contributed by atoms with E-state index in [9.17, 15) is 0 Å². The molecule has 3 rings (SSSR count). The zero-order valence-corrected chi connectivity index (χ0v) is 12.0. The lowest BCUT2D eigenvalue weighted by molar-refractivity contribution is 0.115. The van der Waals surface area contributed by atoms with Gasteiger partial charge in [0.2, 0.25) is 0 Å². The van der Waals surface area contributed by atoms with Crippen molar-refractivity contribution in [1.82, 2.24) is 14.8 Å². The third kappa shape index (κ3) is 2.20. The number of nitrogens with zero attached hydrogens (tertiary/aromatic N) is 3. The maximum Gasteiger partial charge on any atom is 0.112 e. The third-order valence-corrected chi connectivity index (χ3v) is 5.38. The van der Waals surface area contributed by atoms with Crippen molar-refractivity contribution < 1.29 is 0 Å². The van der Waals surface area contributed by atoms with E-state index in [-0.39, 0.29) is 6.04 Å². The van der Waals surface area contributed by atoms with Gasteiger partial charge in [-0.2, -0.15) is 0 Å². The highest BCUT2D eigenvalue weighted by Gasteiger charge is 2.29. The average Bonchev–Trinajstić information content (AvgIpc) is 2.77. The molecule has 0 amide bonds. The zero-order valence-electron chi connectivity index (χ0n) is 11.2. The number of aryl methyl sites for hydroxylation is 1. The molecule has 2 aliphatic rings. The lowest BCUT2D eigenvalue weighted by atomic mass is 9.99. The maximum absolute atomic E-state index is 6.17. The lowest BCUT2D eigenvalue weighted by Gasteiger charge is -2.36. The molecule has 0 aromatic carbocycles. The molecule has 2 atom stereocenters. The molecule has 0 spiro atoms. The van der Waals surface area contributed by atoms with Crippen LogP contribution in [0.4, 0.5) is 0 Å². The second-order valence-electron chi connectivity index (χ2n) is 5.62. The lowest BCUT2D eigenvalue weighted by Crippen LogP contribution is -2.44. The predicted octanol–water partition coefficient (Wildman–Crippen LogP) is 1.40. The number of hydrogen-bond acceptors (Lipinski definition) is 5. The Morgan fingerprint density at radius 1 is 1.33 bits per heavy atom. The summed E-state index contributed by atoms with van der Waals surface area (Å²) in [7, 11) is 4.40. The molecule has 1 fully saturated rings. The summed E-state index contributed by atoms with van der Waals surface area (Å²) in [5, 5.41) is 1.27. The Hall–Kier alpha value is -0.490. The molecule has 4 nitrogen and oxygen atoms in total. The van der Waals surface area contributed by atoms with Crippen LogP contribution in [0.25, 0.3) is 0 Å². The zero-order chi connectivity index (χ0) is 12.7. The average molecular weight is 266 g/mol. The summed E-state index contributed by atoms with van der Waals surface area (Å²) in [6.07, 6.45) is 3.49. The summed E-state index contributed by atoms with van der Waals surface area (Å²) < 4.78 is 0. The van der Waals surface area contributed by atoms with Crippen molar-refractivity contribution in [2.45, 2.75) is 31.3 Å². The normalized spacial score (nSPS) is 30.4. The van der Waals surface area contributed by atoms with Crippen molar-refractivity contribution in [1.29, 1.82) is 0 Å². The molecule has 1 aliphatic carbocycles. The van der Waals surface area contributed by atoms with Crippen LogP contribution in [-0.2, 0) is 6.42 Å². The molecule has 2 unspecified atom stereocenters. The Balaban J connectivity index is 1.87. The van der Waals surface area contributed by atoms with E-state index in [1.54, 1.807) is 0 Å². The molecule has 2 N–H and O–H groups in total. The van der Waals surface area contributed by atoms with Gasteiger partial charge in [0.05, 0.1) is 11.7 Å². The number of likely N-dealkylation sites (N-methyl/N-ethyl adjacent to an activating group) is 2. The molecular weight excluding hydrogens is 244 g/mol. The number of nitrogens with two attached hydrogens (primary N) is 1. The van der Waals surface area contributed by atoms with E-state index in [2.05, 4.69) is 23.9 Å². The van der Waals surface area contributed by atoms with E-state index in [1.807, 2.05) is 11.3 Å². The number of rotatable bonds is 1. The summed E-state index contributed by atoms with van der Waals surface area (Å²) >= 11 is 1.89. The number of fused-ring (bicyclic) bond motifs is 1. The van der Waals surface area contributed by atoms with Gasteiger partial charge in [-0.1, -0.05) is 0 Å². The number of thiazole rings is 1. The van der Waals surface area contributed by atoms with E-state index in [1.165, 1.54) is 28.4 Å². The molecular formula is C13H22N4S. The van der Waals surface area contributed by atoms with Crippen LogP contribution in [0, 0.1) is 0 Å². The molecule has 18 heavy (non-hydrogen) atoms. The van der Waals surface area contributed by atoms with Gasteiger partial charge in [-0.25, -0.2) is 4.98 Å². The van der Waals surface area contributed by atoms with E-state index >= 15 is 0 Å². The number of hydrogen-bond donors (Lipinski definition) is 1. The first kappa shape index (κ1) is 12.5. The Morgan fingerprint density at radius 2 is 2.17 bits per heavy atom. The number of piperazine rings is 1. The van der Waals surface area contributed by atoms with Gasteiger partial charge in [-0.3, -0.25) is 4.90 Å². The first-order chi connectivity index (χ1) is 8.65. The highest BCUT2D eigenvalue weighted by atomic mass is 32.1. The van der Waals surface area contributed by atoms with Crippen LogP contribution in [0.2, 0.25) is 0 Å². The number of aromatic nitrogens is 1. The van der Waals surface area contributed by atoms with Crippen LogP contribution in [-0.4, -0.2) is 48.5 Å². The van der Waals surface area contributed by atoms with Crippen LogP contribution in [0.15, 0.2) is 0 Å². The fraction of sp³-hybridized carbons (Fsp3) is 0.769. The van der Waals surface area contributed by atoms with Crippen molar-refractivity contribution in [2.24, 2.45) is 5.73 Å². The SMILES string of the molecule is CN1CCN(C)C(c2nc3c(s2)CCCC3N)C1. The molecule has 0 radical (unpaired) electrons. The van der Waals surface area contributed by atoms with Gasteiger partial charge in [0.1, 0.15) is 5.01 Å². The standard InChI is InChI=1S/C13H22N4S/c1-16-6-7-17(2)10(8-16)13-15-12-9(14)4-3-5-11(12)18-13/h9-10H,3-8,14H2,1-2H3. The van der Waals surface area contributed by atoms with Crippen molar-refractivity contribution in [3.8, 4) is 0 Å². The molecule has 5 heteroatoms. The van der Waals surface area contributed by atoms with E-state index in [4.69, 9.17) is 10.7 Å². The minimum absolute atomic E-state index is 0.172.